The van der Waals surface area contributed by atoms with Crippen molar-refractivity contribution in [3.05, 3.63) is 66.2 Å². The summed E-state index contributed by atoms with van der Waals surface area (Å²) in [5, 5.41) is 4.45. The van der Waals surface area contributed by atoms with E-state index in [-0.39, 0.29) is 17.3 Å². The molecule has 7 heteroatoms. The van der Waals surface area contributed by atoms with E-state index in [2.05, 4.69) is 5.32 Å². The number of hydrogen-bond acceptors (Lipinski definition) is 4. The van der Waals surface area contributed by atoms with E-state index in [4.69, 9.17) is 0 Å². The summed E-state index contributed by atoms with van der Waals surface area (Å²) in [7, 11) is -3.37. The lowest BCUT2D eigenvalue weighted by atomic mass is 10.1. The standard InChI is InChI=1S/C20H16N2O4S/c1-27(25,26)15-8-4-7-14(11-15)21-18(23)12-22-17-10-3-6-13-5-2-9-16(19(13)17)20(22)24/h2-11H,12H2,1H3,(H,21,23). The van der Waals surface area contributed by atoms with E-state index < -0.39 is 15.7 Å². The highest BCUT2D eigenvalue weighted by Crippen LogP contribution is 2.36. The van der Waals surface area contributed by atoms with E-state index in [1.54, 1.807) is 18.2 Å². The first-order valence-electron chi connectivity index (χ1n) is 8.28. The van der Waals surface area contributed by atoms with Gasteiger partial charge in [-0.25, -0.2) is 8.42 Å². The first-order chi connectivity index (χ1) is 12.8. The minimum absolute atomic E-state index is 0.120. The quantitative estimate of drug-likeness (QED) is 0.754. The molecular formula is C20H16N2O4S. The Balaban J connectivity index is 1.58. The lowest BCUT2D eigenvalue weighted by Crippen LogP contribution is -2.35. The zero-order chi connectivity index (χ0) is 19.2. The Morgan fingerprint density at radius 1 is 1.04 bits per heavy atom. The molecule has 2 amide bonds. The van der Waals surface area contributed by atoms with Gasteiger partial charge in [-0.1, -0.05) is 30.3 Å². The number of nitrogens with one attached hydrogen (secondary N) is 1. The van der Waals surface area contributed by atoms with Crippen LogP contribution >= 0.6 is 0 Å². The van der Waals surface area contributed by atoms with Crippen molar-refractivity contribution < 1.29 is 18.0 Å². The fourth-order valence-electron chi connectivity index (χ4n) is 3.28. The number of hydrogen-bond donors (Lipinski definition) is 1. The van der Waals surface area contributed by atoms with Gasteiger partial charge in [-0.3, -0.25) is 14.5 Å². The molecule has 0 unspecified atom stereocenters. The number of amides is 2. The Kier molecular flexibility index (Phi) is 3.96. The minimum atomic E-state index is -3.37. The van der Waals surface area contributed by atoms with Gasteiger partial charge in [0.2, 0.25) is 5.91 Å². The summed E-state index contributed by atoms with van der Waals surface area (Å²) in [5.41, 5.74) is 1.65. The van der Waals surface area contributed by atoms with Crippen LogP contribution in [0.15, 0.2) is 65.6 Å². The highest BCUT2D eigenvalue weighted by atomic mass is 32.2. The van der Waals surface area contributed by atoms with Crippen molar-refractivity contribution in [1.82, 2.24) is 0 Å². The highest BCUT2D eigenvalue weighted by molar-refractivity contribution is 7.90. The van der Waals surface area contributed by atoms with E-state index in [0.29, 0.717) is 16.9 Å². The van der Waals surface area contributed by atoms with Crippen molar-refractivity contribution in [3.63, 3.8) is 0 Å². The highest BCUT2D eigenvalue weighted by Gasteiger charge is 2.30. The molecule has 27 heavy (non-hydrogen) atoms. The lowest BCUT2D eigenvalue weighted by Gasteiger charge is -2.17. The van der Waals surface area contributed by atoms with Gasteiger partial charge in [0.15, 0.2) is 9.84 Å². The molecule has 3 aromatic rings. The van der Waals surface area contributed by atoms with Gasteiger partial charge in [-0.2, -0.15) is 0 Å². The smallest absolute Gasteiger partial charge is 0.259 e. The SMILES string of the molecule is CS(=O)(=O)c1cccc(NC(=O)CN2C(=O)c3cccc4cccc2c34)c1. The van der Waals surface area contributed by atoms with Crippen LogP contribution in [-0.4, -0.2) is 33.0 Å². The second-order valence-electron chi connectivity index (χ2n) is 6.42. The van der Waals surface area contributed by atoms with Crippen molar-refractivity contribution in [1.29, 1.82) is 0 Å². The fraction of sp³-hybridized carbons (Fsp3) is 0.100. The first-order valence-corrected chi connectivity index (χ1v) is 10.2. The molecule has 0 atom stereocenters. The molecule has 0 saturated carbocycles. The van der Waals surface area contributed by atoms with Gasteiger partial charge < -0.3 is 5.32 Å². The summed E-state index contributed by atoms with van der Waals surface area (Å²) in [6, 6.07) is 17.1. The number of anilines is 2. The van der Waals surface area contributed by atoms with Crippen molar-refractivity contribution >= 4 is 43.8 Å². The molecule has 1 aliphatic rings. The van der Waals surface area contributed by atoms with Crippen LogP contribution in [0.25, 0.3) is 10.8 Å². The van der Waals surface area contributed by atoms with Crippen molar-refractivity contribution in [2.45, 2.75) is 4.90 Å². The maximum Gasteiger partial charge on any atom is 0.259 e. The van der Waals surface area contributed by atoms with Crippen LogP contribution in [0, 0.1) is 0 Å². The van der Waals surface area contributed by atoms with Crippen LogP contribution in [0.1, 0.15) is 10.4 Å². The Labute approximate surface area is 156 Å². The van der Waals surface area contributed by atoms with E-state index in [9.17, 15) is 18.0 Å². The lowest BCUT2D eigenvalue weighted by molar-refractivity contribution is -0.114. The molecule has 6 nitrogen and oxygen atoms in total. The predicted molar refractivity (Wildman–Crippen MR) is 104 cm³/mol. The number of carbonyl (C=O) groups is 2. The number of sulfone groups is 1. The third-order valence-electron chi connectivity index (χ3n) is 4.50. The minimum Gasteiger partial charge on any atom is -0.324 e. The second-order valence-corrected chi connectivity index (χ2v) is 8.44. The topological polar surface area (TPSA) is 83.6 Å². The summed E-state index contributed by atoms with van der Waals surface area (Å²) in [6.45, 7) is -0.157. The Hall–Kier alpha value is -3.19. The zero-order valence-electron chi connectivity index (χ0n) is 14.5. The maximum atomic E-state index is 12.7. The van der Waals surface area contributed by atoms with Gasteiger partial charge in [-0.15, -0.1) is 0 Å². The van der Waals surface area contributed by atoms with Gasteiger partial charge in [0, 0.05) is 22.9 Å². The van der Waals surface area contributed by atoms with E-state index >= 15 is 0 Å². The monoisotopic (exact) mass is 380 g/mol. The molecule has 4 rings (SSSR count). The molecule has 0 radical (unpaired) electrons. The Morgan fingerprint density at radius 3 is 2.48 bits per heavy atom. The average molecular weight is 380 g/mol. The number of nitrogens with zero attached hydrogens (tertiary/aromatic N) is 1. The van der Waals surface area contributed by atoms with Gasteiger partial charge in [0.1, 0.15) is 6.54 Å². The van der Waals surface area contributed by atoms with Crippen LogP contribution < -0.4 is 10.2 Å². The van der Waals surface area contributed by atoms with Gasteiger partial charge in [0.05, 0.1) is 10.6 Å². The largest absolute Gasteiger partial charge is 0.324 e. The van der Waals surface area contributed by atoms with Crippen LogP contribution in [0.3, 0.4) is 0 Å². The Bertz CT molecular complexity index is 1200. The van der Waals surface area contributed by atoms with Crippen molar-refractivity contribution in [2.75, 3.05) is 23.0 Å². The molecule has 0 saturated heterocycles. The molecule has 0 aliphatic carbocycles. The van der Waals surface area contributed by atoms with Crippen LogP contribution in [0.2, 0.25) is 0 Å². The zero-order valence-corrected chi connectivity index (χ0v) is 15.3. The predicted octanol–water partition coefficient (Wildman–Crippen LogP) is 2.84. The molecule has 0 aromatic heterocycles. The number of benzene rings is 3. The van der Waals surface area contributed by atoms with Gasteiger partial charge in [-0.05, 0) is 35.7 Å². The Morgan fingerprint density at radius 2 is 1.74 bits per heavy atom. The normalized spacial score (nSPS) is 13.2. The van der Waals surface area contributed by atoms with Crippen molar-refractivity contribution in [2.24, 2.45) is 0 Å². The molecule has 1 aliphatic heterocycles. The van der Waals surface area contributed by atoms with Gasteiger partial charge >= 0.3 is 0 Å². The van der Waals surface area contributed by atoms with E-state index in [1.165, 1.54) is 17.0 Å². The number of rotatable bonds is 4. The van der Waals surface area contributed by atoms with E-state index in [0.717, 1.165) is 17.0 Å². The fourth-order valence-corrected chi connectivity index (χ4v) is 3.95. The molecule has 0 fully saturated rings. The van der Waals surface area contributed by atoms with E-state index in [1.807, 2.05) is 30.3 Å². The molecule has 0 spiro atoms. The van der Waals surface area contributed by atoms with Gasteiger partial charge in [0.25, 0.3) is 5.91 Å². The summed E-state index contributed by atoms with van der Waals surface area (Å²) in [6.07, 6.45) is 1.11. The molecule has 1 N–H and O–H groups in total. The second kappa shape index (κ2) is 6.21. The van der Waals surface area contributed by atoms with Crippen molar-refractivity contribution in [3.8, 4) is 0 Å². The summed E-state index contributed by atoms with van der Waals surface area (Å²) >= 11 is 0. The van der Waals surface area contributed by atoms with Crippen LogP contribution in [0.4, 0.5) is 11.4 Å². The summed E-state index contributed by atoms with van der Waals surface area (Å²) < 4.78 is 23.3. The first kappa shape index (κ1) is 17.2. The van der Waals surface area contributed by atoms with Crippen LogP contribution in [-0.2, 0) is 14.6 Å². The summed E-state index contributed by atoms with van der Waals surface area (Å²) in [4.78, 5) is 26.8. The maximum absolute atomic E-state index is 12.7. The summed E-state index contributed by atoms with van der Waals surface area (Å²) in [5.74, 6) is -0.624. The molecular weight excluding hydrogens is 364 g/mol. The molecule has 1 heterocycles. The molecule has 0 bridgehead atoms. The third-order valence-corrected chi connectivity index (χ3v) is 5.61. The molecule has 136 valence electrons. The average Bonchev–Trinajstić information content (AvgIpc) is 2.89. The third kappa shape index (κ3) is 3.06. The van der Waals surface area contributed by atoms with Crippen LogP contribution in [0.5, 0.6) is 0 Å². The number of carbonyl (C=O) groups excluding carboxylic acids is 2. The molecule has 3 aromatic carbocycles.